The zero-order chi connectivity index (χ0) is 19.4. The smallest absolute Gasteiger partial charge is 0.225 e. The van der Waals surface area contributed by atoms with Crippen LogP contribution in [0.15, 0.2) is 36.4 Å². The second kappa shape index (κ2) is 8.25. The van der Waals surface area contributed by atoms with Gasteiger partial charge in [-0.15, -0.1) is 0 Å². The number of anilines is 2. The van der Waals surface area contributed by atoms with Crippen LogP contribution in [0.25, 0.3) is 11.3 Å². The molecule has 1 atom stereocenters. The molecule has 1 aliphatic rings. The van der Waals surface area contributed by atoms with Gasteiger partial charge in [0.1, 0.15) is 5.82 Å². The second-order valence-corrected chi connectivity index (χ2v) is 9.81. The average Bonchev–Trinajstić information content (AvgIpc) is 3.01. The van der Waals surface area contributed by atoms with Gasteiger partial charge < -0.3 is 10.2 Å². The molecule has 27 heavy (non-hydrogen) atoms. The Balaban J connectivity index is 1.89. The van der Waals surface area contributed by atoms with Crippen LogP contribution in [0.2, 0.25) is 0 Å². The highest BCUT2D eigenvalue weighted by atomic mass is 32.2. The van der Waals surface area contributed by atoms with Crippen molar-refractivity contribution in [2.45, 2.75) is 32.7 Å². The van der Waals surface area contributed by atoms with Crippen LogP contribution < -0.4 is 10.2 Å². The minimum atomic E-state index is -2.95. The van der Waals surface area contributed by atoms with E-state index in [-0.39, 0.29) is 17.5 Å². The highest BCUT2D eigenvalue weighted by Gasteiger charge is 2.31. The van der Waals surface area contributed by atoms with E-state index in [1.807, 2.05) is 48.3 Å². The monoisotopic (exact) mass is 388 g/mol. The Bertz CT molecular complexity index is 869. The molecule has 1 aromatic carbocycles. The van der Waals surface area contributed by atoms with Gasteiger partial charge in [0, 0.05) is 31.3 Å². The van der Waals surface area contributed by atoms with Gasteiger partial charge in [-0.25, -0.2) is 13.4 Å². The first-order valence-corrected chi connectivity index (χ1v) is 11.3. The number of hydrogen-bond donors (Lipinski definition) is 1. The largest absolute Gasteiger partial charge is 0.355 e. The van der Waals surface area contributed by atoms with Gasteiger partial charge in [-0.2, -0.15) is 4.98 Å². The second-order valence-electron chi connectivity index (χ2n) is 7.58. The Hall–Kier alpha value is -2.15. The molecule has 0 bridgehead atoms. The Kier molecular flexibility index (Phi) is 5.99. The first-order chi connectivity index (χ1) is 12.8. The zero-order valence-electron chi connectivity index (χ0n) is 16.2. The Labute approximate surface area is 162 Å². The lowest BCUT2D eigenvalue weighted by molar-refractivity contribution is 0.600. The predicted octanol–water partition coefficient (Wildman–Crippen LogP) is 3.22. The molecule has 0 aliphatic carbocycles. The fourth-order valence-electron chi connectivity index (χ4n) is 3.19. The lowest BCUT2D eigenvalue weighted by Gasteiger charge is -2.25. The Morgan fingerprint density at radius 2 is 1.96 bits per heavy atom. The standard InChI is InChI=1S/C20H28N4O2S/c1-15(2)9-11-21-20-22-18(16-7-5-4-6-8-16)13-19(23-20)24(3)17-10-12-27(25,26)14-17/h4-8,13,15,17H,9-12,14H2,1-3H3,(H,21,22,23). The quantitative estimate of drug-likeness (QED) is 0.785. The third-order valence-corrected chi connectivity index (χ3v) is 6.65. The summed E-state index contributed by atoms with van der Waals surface area (Å²) in [4.78, 5) is 11.3. The van der Waals surface area contributed by atoms with E-state index in [9.17, 15) is 8.42 Å². The lowest BCUT2D eigenvalue weighted by atomic mass is 10.1. The highest BCUT2D eigenvalue weighted by Crippen LogP contribution is 2.26. The minimum Gasteiger partial charge on any atom is -0.355 e. The van der Waals surface area contributed by atoms with Crippen LogP contribution in [0.1, 0.15) is 26.7 Å². The molecule has 0 spiro atoms. The van der Waals surface area contributed by atoms with Crippen LogP contribution in [-0.2, 0) is 9.84 Å². The maximum Gasteiger partial charge on any atom is 0.225 e. The van der Waals surface area contributed by atoms with Crippen LogP contribution >= 0.6 is 0 Å². The van der Waals surface area contributed by atoms with Crippen molar-refractivity contribution in [1.29, 1.82) is 0 Å². The van der Waals surface area contributed by atoms with E-state index >= 15 is 0 Å². The summed E-state index contributed by atoms with van der Waals surface area (Å²) in [7, 11) is -1.03. The summed E-state index contributed by atoms with van der Waals surface area (Å²) < 4.78 is 23.7. The van der Waals surface area contributed by atoms with Gasteiger partial charge in [0.2, 0.25) is 5.95 Å². The van der Waals surface area contributed by atoms with Crippen molar-refractivity contribution >= 4 is 21.6 Å². The first-order valence-electron chi connectivity index (χ1n) is 9.46. The van der Waals surface area contributed by atoms with Gasteiger partial charge in [0.05, 0.1) is 17.2 Å². The van der Waals surface area contributed by atoms with E-state index in [4.69, 9.17) is 0 Å². The van der Waals surface area contributed by atoms with Crippen LogP contribution in [0.4, 0.5) is 11.8 Å². The lowest BCUT2D eigenvalue weighted by Crippen LogP contribution is -2.33. The summed E-state index contributed by atoms with van der Waals surface area (Å²) in [6, 6.07) is 11.9. The molecule has 1 fully saturated rings. The molecule has 0 amide bonds. The molecule has 2 heterocycles. The molecule has 1 N–H and O–H groups in total. The van der Waals surface area contributed by atoms with E-state index in [1.54, 1.807) is 0 Å². The molecular weight excluding hydrogens is 360 g/mol. The van der Waals surface area contributed by atoms with E-state index < -0.39 is 9.84 Å². The molecule has 6 nitrogen and oxygen atoms in total. The van der Waals surface area contributed by atoms with Crippen molar-refractivity contribution in [2.24, 2.45) is 5.92 Å². The van der Waals surface area contributed by atoms with Crippen molar-refractivity contribution in [3.8, 4) is 11.3 Å². The molecule has 0 radical (unpaired) electrons. The summed E-state index contributed by atoms with van der Waals surface area (Å²) in [5.41, 5.74) is 1.85. The van der Waals surface area contributed by atoms with Gasteiger partial charge in [-0.05, 0) is 18.8 Å². The average molecular weight is 389 g/mol. The molecule has 1 aromatic heterocycles. The van der Waals surface area contributed by atoms with Crippen LogP contribution in [-0.4, -0.2) is 49.5 Å². The van der Waals surface area contributed by atoms with Gasteiger partial charge in [-0.3, -0.25) is 0 Å². The van der Waals surface area contributed by atoms with Crippen molar-refractivity contribution in [2.75, 3.05) is 35.3 Å². The van der Waals surface area contributed by atoms with Crippen molar-refractivity contribution in [3.05, 3.63) is 36.4 Å². The van der Waals surface area contributed by atoms with Crippen molar-refractivity contribution in [1.82, 2.24) is 9.97 Å². The van der Waals surface area contributed by atoms with Gasteiger partial charge in [0.15, 0.2) is 9.84 Å². The van der Waals surface area contributed by atoms with Crippen molar-refractivity contribution < 1.29 is 8.42 Å². The normalized spacial score (nSPS) is 18.6. The zero-order valence-corrected chi connectivity index (χ0v) is 17.0. The first kappa shape index (κ1) is 19.6. The molecule has 1 unspecified atom stereocenters. The molecule has 1 aliphatic heterocycles. The summed E-state index contributed by atoms with van der Waals surface area (Å²) in [5.74, 6) is 2.36. The highest BCUT2D eigenvalue weighted by molar-refractivity contribution is 7.91. The van der Waals surface area contributed by atoms with Gasteiger partial charge in [0.25, 0.3) is 0 Å². The van der Waals surface area contributed by atoms with E-state index in [2.05, 4.69) is 29.1 Å². The maximum absolute atomic E-state index is 11.9. The number of nitrogens with zero attached hydrogens (tertiary/aromatic N) is 3. The molecule has 1 saturated heterocycles. The van der Waals surface area contributed by atoms with Crippen LogP contribution in [0, 0.1) is 5.92 Å². The fourth-order valence-corrected chi connectivity index (χ4v) is 4.97. The van der Waals surface area contributed by atoms with Crippen LogP contribution in [0.3, 0.4) is 0 Å². The van der Waals surface area contributed by atoms with Crippen molar-refractivity contribution in [3.63, 3.8) is 0 Å². The minimum absolute atomic E-state index is 0.0444. The summed E-state index contributed by atoms with van der Waals surface area (Å²) in [6.07, 6.45) is 1.67. The number of nitrogens with one attached hydrogen (secondary N) is 1. The number of aromatic nitrogens is 2. The molecule has 0 saturated carbocycles. The van der Waals surface area contributed by atoms with Gasteiger partial charge >= 0.3 is 0 Å². The number of hydrogen-bond acceptors (Lipinski definition) is 6. The molecule has 3 rings (SSSR count). The molecule has 146 valence electrons. The predicted molar refractivity (Wildman–Crippen MR) is 111 cm³/mol. The van der Waals surface area contributed by atoms with Crippen LogP contribution in [0.5, 0.6) is 0 Å². The molecular formula is C20H28N4O2S. The number of rotatable bonds is 7. The summed E-state index contributed by atoms with van der Waals surface area (Å²) in [6.45, 7) is 5.17. The summed E-state index contributed by atoms with van der Waals surface area (Å²) in [5, 5.41) is 3.32. The Morgan fingerprint density at radius 3 is 2.59 bits per heavy atom. The maximum atomic E-state index is 11.9. The number of benzene rings is 1. The molecule has 2 aromatic rings. The third-order valence-electron chi connectivity index (χ3n) is 4.90. The third kappa shape index (κ3) is 5.19. The fraction of sp³-hybridized carbons (Fsp3) is 0.500. The van der Waals surface area contributed by atoms with E-state index in [0.29, 0.717) is 18.3 Å². The van der Waals surface area contributed by atoms with Gasteiger partial charge in [-0.1, -0.05) is 44.2 Å². The summed E-state index contributed by atoms with van der Waals surface area (Å²) >= 11 is 0. The van der Waals surface area contributed by atoms with E-state index in [1.165, 1.54) is 0 Å². The number of sulfone groups is 1. The Morgan fingerprint density at radius 1 is 1.22 bits per heavy atom. The van der Waals surface area contributed by atoms with E-state index in [0.717, 1.165) is 30.0 Å². The SMILES string of the molecule is CC(C)CCNc1nc(-c2ccccc2)cc(N(C)C2CCS(=O)(=O)C2)n1. The topological polar surface area (TPSA) is 75.2 Å². The molecule has 7 heteroatoms.